The second-order valence-electron chi connectivity index (χ2n) is 4.91. The molecule has 0 saturated carbocycles. The number of halogens is 3. The zero-order valence-electron chi connectivity index (χ0n) is 12.4. The summed E-state index contributed by atoms with van der Waals surface area (Å²) in [6.07, 6.45) is -3.28. The molecule has 0 radical (unpaired) electrons. The maximum Gasteiger partial charge on any atom is 0.417 e. The first-order valence-corrected chi connectivity index (χ1v) is 6.80. The molecule has 0 atom stereocenters. The first kappa shape index (κ1) is 15.7. The van der Waals surface area contributed by atoms with Gasteiger partial charge in [-0.1, -0.05) is 18.2 Å². The Bertz CT molecular complexity index is 873. The van der Waals surface area contributed by atoms with E-state index in [4.69, 9.17) is 5.73 Å². The minimum Gasteiger partial charge on any atom is -0.394 e. The summed E-state index contributed by atoms with van der Waals surface area (Å²) in [7, 11) is 0. The van der Waals surface area contributed by atoms with Crippen LogP contribution in [0.1, 0.15) is 11.4 Å². The maximum atomic E-state index is 13.1. The third-order valence-electron chi connectivity index (χ3n) is 3.12. The molecule has 0 aliphatic heterocycles. The van der Waals surface area contributed by atoms with Crippen molar-refractivity contribution >= 4 is 17.5 Å². The van der Waals surface area contributed by atoms with E-state index in [1.807, 2.05) is 0 Å². The molecule has 7 nitrogen and oxygen atoms in total. The van der Waals surface area contributed by atoms with Gasteiger partial charge in [-0.3, -0.25) is 5.10 Å². The second kappa shape index (κ2) is 5.80. The number of anilines is 3. The molecule has 0 amide bonds. The number of nitrogen functional groups attached to an aromatic ring is 1. The summed E-state index contributed by atoms with van der Waals surface area (Å²) in [6.45, 7) is 1.70. The van der Waals surface area contributed by atoms with Gasteiger partial charge in [0.1, 0.15) is 5.82 Å². The summed E-state index contributed by atoms with van der Waals surface area (Å²) in [6, 6.07) is 5.06. The van der Waals surface area contributed by atoms with Crippen molar-refractivity contribution in [2.45, 2.75) is 13.1 Å². The number of aromatic nitrogens is 5. The number of nitrogens with two attached hydrogens (primary N) is 1. The number of hydrogen-bond acceptors (Lipinski definition) is 6. The molecule has 124 valence electrons. The van der Waals surface area contributed by atoms with Crippen molar-refractivity contribution < 1.29 is 13.2 Å². The number of aryl methyl sites for hydroxylation is 1. The van der Waals surface area contributed by atoms with Crippen LogP contribution in [0.5, 0.6) is 0 Å². The SMILES string of the molecule is Cc1nc(Nc2nc(-c3ccccc3C(F)(F)F)ncc2N)n[nH]1. The Morgan fingerprint density at radius 1 is 1.17 bits per heavy atom. The quantitative estimate of drug-likeness (QED) is 0.680. The van der Waals surface area contributed by atoms with Crippen molar-refractivity contribution in [1.82, 2.24) is 25.1 Å². The average molecular weight is 335 g/mol. The van der Waals surface area contributed by atoms with Gasteiger partial charge in [0.25, 0.3) is 0 Å². The van der Waals surface area contributed by atoms with E-state index in [1.54, 1.807) is 6.92 Å². The van der Waals surface area contributed by atoms with Gasteiger partial charge in [-0.2, -0.15) is 18.2 Å². The fourth-order valence-corrected chi connectivity index (χ4v) is 2.05. The lowest BCUT2D eigenvalue weighted by Gasteiger charge is -2.13. The van der Waals surface area contributed by atoms with Gasteiger partial charge in [0, 0.05) is 5.56 Å². The molecular weight excluding hydrogens is 323 g/mol. The summed E-state index contributed by atoms with van der Waals surface area (Å²) < 4.78 is 39.4. The van der Waals surface area contributed by atoms with E-state index in [0.29, 0.717) is 5.82 Å². The fraction of sp³-hybridized carbons (Fsp3) is 0.143. The molecule has 3 aromatic rings. The van der Waals surface area contributed by atoms with Crippen LogP contribution in [0.3, 0.4) is 0 Å². The normalized spacial score (nSPS) is 11.5. The highest BCUT2D eigenvalue weighted by atomic mass is 19.4. The number of alkyl halides is 3. The van der Waals surface area contributed by atoms with Crippen molar-refractivity contribution in [3.05, 3.63) is 41.9 Å². The lowest BCUT2D eigenvalue weighted by Crippen LogP contribution is -2.09. The average Bonchev–Trinajstić information content (AvgIpc) is 2.94. The first-order valence-electron chi connectivity index (χ1n) is 6.80. The van der Waals surface area contributed by atoms with Gasteiger partial charge in [0.2, 0.25) is 5.95 Å². The summed E-state index contributed by atoms with van der Waals surface area (Å²) in [5.41, 5.74) is 4.96. The van der Waals surface area contributed by atoms with E-state index in [-0.39, 0.29) is 28.8 Å². The fourth-order valence-electron chi connectivity index (χ4n) is 2.05. The number of H-pyrrole nitrogens is 1. The van der Waals surface area contributed by atoms with E-state index >= 15 is 0 Å². The Hall–Kier alpha value is -3.17. The topological polar surface area (TPSA) is 105 Å². The Balaban J connectivity index is 2.03. The van der Waals surface area contributed by atoms with Crippen LogP contribution in [-0.2, 0) is 6.18 Å². The van der Waals surface area contributed by atoms with Crippen molar-refractivity contribution in [2.24, 2.45) is 0 Å². The number of benzene rings is 1. The molecule has 0 bridgehead atoms. The molecule has 0 aliphatic carbocycles. The molecule has 24 heavy (non-hydrogen) atoms. The van der Waals surface area contributed by atoms with Crippen LogP contribution in [0, 0.1) is 6.92 Å². The second-order valence-corrected chi connectivity index (χ2v) is 4.91. The van der Waals surface area contributed by atoms with Crippen molar-refractivity contribution in [3.63, 3.8) is 0 Å². The Kier molecular flexibility index (Phi) is 3.80. The van der Waals surface area contributed by atoms with Gasteiger partial charge in [-0.15, -0.1) is 5.10 Å². The monoisotopic (exact) mass is 335 g/mol. The smallest absolute Gasteiger partial charge is 0.394 e. The lowest BCUT2D eigenvalue weighted by atomic mass is 10.1. The van der Waals surface area contributed by atoms with Crippen LogP contribution in [-0.4, -0.2) is 25.1 Å². The number of hydrogen-bond donors (Lipinski definition) is 3. The molecule has 0 spiro atoms. The predicted molar refractivity (Wildman–Crippen MR) is 81.3 cm³/mol. The molecule has 0 unspecified atom stereocenters. The molecule has 10 heteroatoms. The first-order chi connectivity index (χ1) is 11.3. The molecular formula is C14H12F3N7. The lowest BCUT2D eigenvalue weighted by molar-refractivity contribution is -0.137. The number of rotatable bonds is 3. The van der Waals surface area contributed by atoms with Crippen molar-refractivity contribution in [2.75, 3.05) is 11.1 Å². The zero-order valence-corrected chi connectivity index (χ0v) is 12.4. The van der Waals surface area contributed by atoms with Gasteiger partial charge < -0.3 is 11.1 Å². The van der Waals surface area contributed by atoms with Gasteiger partial charge in [0.05, 0.1) is 17.4 Å². The van der Waals surface area contributed by atoms with Crippen LogP contribution >= 0.6 is 0 Å². The minimum absolute atomic E-state index is 0.105. The summed E-state index contributed by atoms with van der Waals surface area (Å²) in [4.78, 5) is 12.0. The standard InChI is InChI=1S/C14H12F3N7/c1-7-20-13(24-23-7)22-12-10(18)6-19-11(21-12)8-4-2-3-5-9(8)14(15,16)17/h2-6H,18H2,1H3,(H2,19,20,21,22,23,24). The molecule has 1 aromatic carbocycles. The minimum atomic E-state index is -4.52. The summed E-state index contributed by atoms with van der Waals surface area (Å²) >= 11 is 0. The Labute approximate surface area is 134 Å². The van der Waals surface area contributed by atoms with Gasteiger partial charge >= 0.3 is 6.18 Å². The van der Waals surface area contributed by atoms with E-state index < -0.39 is 11.7 Å². The number of nitrogens with one attached hydrogen (secondary N) is 2. The van der Waals surface area contributed by atoms with Crippen LogP contribution in [0.25, 0.3) is 11.4 Å². The molecule has 4 N–H and O–H groups in total. The van der Waals surface area contributed by atoms with Gasteiger partial charge in [0.15, 0.2) is 11.6 Å². The molecule has 0 aliphatic rings. The van der Waals surface area contributed by atoms with E-state index in [0.717, 1.165) is 6.07 Å². The van der Waals surface area contributed by atoms with Crippen molar-refractivity contribution in [1.29, 1.82) is 0 Å². The van der Waals surface area contributed by atoms with Crippen LogP contribution < -0.4 is 11.1 Å². The van der Waals surface area contributed by atoms with Crippen LogP contribution in [0.2, 0.25) is 0 Å². The van der Waals surface area contributed by atoms with Crippen LogP contribution in [0.4, 0.5) is 30.6 Å². The van der Waals surface area contributed by atoms with E-state index in [1.165, 1.54) is 24.4 Å². The predicted octanol–water partition coefficient (Wildman–Crippen LogP) is 2.91. The largest absolute Gasteiger partial charge is 0.417 e. The maximum absolute atomic E-state index is 13.1. The highest BCUT2D eigenvalue weighted by Gasteiger charge is 2.34. The molecule has 0 fully saturated rings. The zero-order chi connectivity index (χ0) is 17.3. The summed E-state index contributed by atoms with van der Waals surface area (Å²) in [5, 5.41) is 9.25. The van der Waals surface area contributed by atoms with Crippen molar-refractivity contribution in [3.8, 4) is 11.4 Å². The number of nitrogens with zero attached hydrogens (tertiary/aromatic N) is 4. The number of aromatic amines is 1. The highest BCUT2D eigenvalue weighted by Crippen LogP contribution is 2.36. The Morgan fingerprint density at radius 3 is 2.58 bits per heavy atom. The molecule has 2 heterocycles. The molecule has 3 rings (SSSR count). The van der Waals surface area contributed by atoms with Crippen LogP contribution in [0.15, 0.2) is 30.5 Å². The summed E-state index contributed by atoms with van der Waals surface area (Å²) in [5.74, 6) is 0.781. The van der Waals surface area contributed by atoms with E-state index in [9.17, 15) is 13.2 Å². The third kappa shape index (κ3) is 3.12. The molecule has 0 saturated heterocycles. The van der Waals surface area contributed by atoms with Gasteiger partial charge in [-0.05, 0) is 13.0 Å². The molecule has 2 aromatic heterocycles. The van der Waals surface area contributed by atoms with Gasteiger partial charge in [-0.25, -0.2) is 9.97 Å². The Morgan fingerprint density at radius 2 is 1.92 bits per heavy atom. The highest BCUT2D eigenvalue weighted by molar-refractivity contribution is 5.70. The third-order valence-corrected chi connectivity index (χ3v) is 3.12. The van der Waals surface area contributed by atoms with E-state index in [2.05, 4.69) is 30.5 Å².